The molecule has 1 heterocycles. The number of hydrogen-bond donors (Lipinski definition) is 0. The molecule has 2 aromatic rings. The van der Waals surface area contributed by atoms with E-state index in [1.54, 1.807) is 0 Å². The lowest BCUT2D eigenvalue weighted by Crippen LogP contribution is -2.62. The minimum absolute atomic E-state index is 0.116. The molecule has 0 N–H and O–H groups in total. The molecule has 1 saturated heterocycles. The standard InChI is InChI=1S/C21H28O2Si/c1-5-22-21-17(4)20(16(2)3)24(23-21,18-12-8-6-9-13-18)19-14-10-7-11-15-19/h6-17,20-21H,5H2,1-4H3/t17-,20-,21?/m1/s1. The van der Waals surface area contributed by atoms with Gasteiger partial charge >= 0.3 is 0 Å². The van der Waals surface area contributed by atoms with Gasteiger partial charge in [0.1, 0.15) is 0 Å². The van der Waals surface area contributed by atoms with Gasteiger partial charge in [0, 0.05) is 12.5 Å². The highest BCUT2D eigenvalue weighted by molar-refractivity contribution is 6.99. The molecule has 0 amide bonds. The molecule has 24 heavy (non-hydrogen) atoms. The zero-order valence-electron chi connectivity index (χ0n) is 15.1. The third kappa shape index (κ3) is 2.85. The highest BCUT2D eigenvalue weighted by Gasteiger charge is 2.59. The van der Waals surface area contributed by atoms with Crippen molar-refractivity contribution in [2.24, 2.45) is 11.8 Å². The first kappa shape index (κ1) is 17.4. The first-order valence-electron chi connectivity index (χ1n) is 9.01. The van der Waals surface area contributed by atoms with Crippen LogP contribution in [0.4, 0.5) is 0 Å². The second kappa shape index (κ2) is 7.22. The smallest absolute Gasteiger partial charge is 0.262 e. The molecule has 1 fully saturated rings. The van der Waals surface area contributed by atoms with Crippen LogP contribution in [0.3, 0.4) is 0 Å². The van der Waals surface area contributed by atoms with Gasteiger partial charge in [0.15, 0.2) is 6.29 Å². The summed E-state index contributed by atoms with van der Waals surface area (Å²) < 4.78 is 12.9. The van der Waals surface area contributed by atoms with Crippen LogP contribution in [0, 0.1) is 11.8 Å². The number of benzene rings is 2. The van der Waals surface area contributed by atoms with Crippen LogP contribution < -0.4 is 10.4 Å². The van der Waals surface area contributed by atoms with E-state index in [1.807, 2.05) is 6.92 Å². The highest BCUT2D eigenvalue weighted by Crippen LogP contribution is 2.46. The molecule has 0 bridgehead atoms. The minimum Gasteiger partial charge on any atom is -0.383 e. The molecule has 1 unspecified atom stereocenters. The Morgan fingerprint density at radius 3 is 1.88 bits per heavy atom. The molecular weight excluding hydrogens is 312 g/mol. The van der Waals surface area contributed by atoms with Crippen molar-refractivity contribution in [3.05, 3.63) is 60.7 Å². The lowest BCUT2D eigenvalue weighted by molar-refractivity contribution is -0.0919. The van der Waals surface area contributed by atoms with Crippen molar-refractivity contribution in [3.63, 3.8) is 0 Å². The van der Waals surface area contributed by atoms with Gasteiger partial charge in [-0.15, -0.1) is 0 Å². The third-order valence-electron chi connectivity index (χ3n) is 5.22. The van der Waals surface area contributed by atoms with Crippen LogP contribution in [0.2, 0.25) is 5.54 Å². The number of ether oxygens (including phenoxy) is 1. The third-order valence-corrected chi connectivity index (χ3v) is 10.3. The van der Waals surface area contributed by atoms with Crippen LogP contribution in [-0.4, -0.2) is 21.2 Å². The zero-order chi connectivity index (χ0) is 17.2. The Hall–Kier alpha value is -1.42. The molecule has 3 rings (SSSR count). The van der Waals surface area contributed by atoms with E-state index in [-0.39, 0.29) is 6.29 Å². The van der Waals surface area contributed by atoms with Gasteiger partial charge in [-0.1, -0.05) is 81.4 Å². The summed E-state index contributed by atoms with van der Waals surface area (Å²) in [6.45, 7) is 9.69. The fourth-order valence-corrected chi connectivity index (χ4v) is 9.79. The Labute approximate surface area is 146 Å². The van der Waals surface area contributed by atoms with Crippen molar-refractivity contribution in [2.45, 2.75) is 39.5 Å². The second-order valence-electron chi connectivity index (χ2n) is 7.04. The molecule has 2 nitrogen and oxygen atoms in total. The molecular formula is C21H28O2Si. The largest absolute Gasteiger partial charge is 0.383 e. The Balaban J connectivity index is 2.20. The van der Waals surface area contributed by atoms with E-state index >= 15 is 0 Å². The fraction of sp³-hybridized carbons (Fsp3) is 0.429. The van der Waals surface area contributed by atoms with Gasteiger partial charge < -0.3 is 9.16 Å². The molecule has 0 aromatic heterocycles. The van der Waals surface area contributed by atoms with Crippen molar-refractivity contribution in [3.8, 4) is 0 Å². The second-order valence-corrected chi connectivity index (χ2v) is 10.6. The fourth-order valence-electron chi connectivity index (χ4n) is 4.39. The molecule has 128 valence electrons. The topological polar surface area (TPSA) is 18.5 Å². The van der Waals surface area contributed by atoms with Crippen molar-refractivity contribution >= 4 is 18.7 Å². The van der Waals surface area contributed by atoms with Crippen molar-refractivity contribution < 1.29 is 9.16 Å². The number of rotatable bonds is 5. The quantitative estimate of drug-likeness (QED) is 0.771. The molecule has 2 aromatic carbocycles. The number of hydrogen-bond acceptors (Lipinski definition) is 2. The molecule has 0 radical (unpaired) electrons. The maximum atomic E-state index is 6.86. The zero-order valence-corrected chi connectivity index (χ0v) is 16.1. The normalized spacial score (nSPS) is 26.0. The van der Waals surface area contributed by atoms with E-state index in [2.05, 4.69) is 81.4 Å². The van der Waals surface area contributed by atoms with Crippen molar-refractivity contribution in [2.75, 3.05) is 6.61 Å². The molecule has 3 atom stereocenters. The summed E-state index contributed by atoms with van der Waals surface area (Å²) in [6, 6.07) is 21.7. The van der Waals surface area contributed by atoms with E-state index in [0.717, 1.165) is 0 Å². The van der Waals surface area contributed by atoms with Crippen LogP contribution in [0.5, 0.6) is 0 Å². The Bertz CT molecular complexity index is 602. The van der Waals surface area contributed by atoms with Crippen LogP contribution in [0.1, 0.15) is 27.7 Å². The maximum Gasteiger partial charge on any atom is 0.262 e. The molecule has 1 aliphatic rings. The van der Waals surface area contributed by atoms with Gasteiger partial charge in [0.2, 0.25) is 0 Å². The van der Waals surface area contributed by atoms with Crippen molar-refractivity contribution in [1.29, 1.82) is 0 Å². The van der Waals surface area contributed by atoms with E-state index in [9.17, 15) is 0 Å². The van der Waals surface area contributed by atoms with E-state index in [4.69, 9.17) is 9.16 Å². The van der Waals surface area contributed by atoms with Gasteiger partial charge in [-0.05, 0) is 28.8 Å². The minimum atomic E-state index is -2.37. The average molecular weight is 341 g/mol. The summed E-state index contributed by atoms with van der Waals surface area (Å²) in [4.78, 5) is 0. The molecule has 1 aliphatic heterocycles. The lowest BCUT2D eigenvalue weighted by Gasteiger charge is -2.35. The van der Waals surface area contributed by atoms with Gasteiger partial charge in [-0.3, -0.25) is 0 Å². The monoisotopic (exact) mass is 340 g/mol. The SMILES string of the molecule is CCOC1O[Si](c2ccccc2)(c2ccccc2)[C@H](C(C)C)[C@H]1C. The summed E-state index contributed by atoms with van der Waals surface area (Å²) in [5.74, 6) is 0.926. The summed E-state index contributed by atoms with van der Waals surface area (Å²) in [5, 5.41) is 2.70. The van der Waals surface area contributed by atoms with Crippen LogP contribution in [0.15, 0.2) is 60.7 Å². The van der Waals surface area contributed by atoms with Gasteiger partial charge in [0.05, 0.1) is 0 Å². The molecule has 3 heteroatoms. The maximum absolute atomic E-state index is 6.86. The lowest BCUT2D eigenvalue weighted by atomic mass is 9.97. The average Bonchev–Trinajstić information content (AvgIpc) is 2.91. The van der Waals surface area contributed by atoms with Crippen LogP contribution >= 0.6 is 0 Å². The van der Waals surface area contributed by atoms with Gasteiger partial charge in [-0.25, -0.2) is 0 Å². The molecule has 0 saturated carbocycles. The molecule has 0 aliphatic carbocycles. The predicted molar refractivity (Wildman–Crippen MR) is 102 cm³/mol. The van der Waals surface area contributed by atoms with Crippen LogP contribution in [-0.2, 0) is 9.16 Å². The predicted octanol–water partition coefficient (Wildman–Crippen LogP) is 3.80. The van der Waals surface area contributed by atoms with Gasteiger partial charge in [0.25, 0.3) is 8.32 Å². The Morgan fingerprint density at radius 2 is 1.46 bits per heavy atom. The van der Waals surface area contributed by atoms with Crippen molar-refractivity contribution in [1.82, 2.24) is 0 Å². The summed E-state index contributed by atoms with van der Waals surface area (Å²) in [6.07, 6.45) is -0.116. The summed E-state index contributed by atoms with van der Waals surface area (Å²) in [5.41, 5.74) is 0.485. The van der Waals surface area contributed by atoms with Gasteiger partial charge in [-0.2, -0.15) is 0 Å². The van der Waals surface area contributed by atoms with E-state index in [1.165, 1.54) is 10.4 Å². The Kier molecular flexibility index (Phi) is 5.23. The summed E-state index contributed by atoms with van der Waals surface area (Å²) >= 11 is 0. The summed E-state index contributed by atoms with van der Waals surface area (Å²) in [7, 11) is -2.37. The van der Waals surface area contributed by atoms with Crippen LogP contribution in [0.25, 0.3) is 0 Å². The Morgan fingerprint density at radius 1 is 0.958 bits per heavy atom. The first-order valence-corrected chi connectivity index (χ1v) is 11.0. The first-order chi connectivity index (χ1) is 11.6. The van der Waals surface area contributed by atoms with E-state index in [0.29, 0.717) is 24.0 Å². The van der Waals surface area contributed by atoms with E-state index < -0.39 is 8.32 Å². The highest BCUT2D eigenvalue weighted by atomic mass is 28.4. The molecule has 0 spiro atoms.